The van der Waals surface area contributed by atoms with Crippen molar-refractivity contribution in [1.29, 1.82) is 0 Å². The molecule has 0 saturated heterocycles. The van der Waals surface area contributed by atoms with Crippen LogP contribution in [0.2, 0.25) is 0 Å². The van der Waals surface area contributed by atoms with Gasteiger partial charge in [-0.05, 0) is 55.0 Å². The second-order valence-corrected chi connectivity index (χ2v) is 9.48. The van der Waals surface area contributed by atoms with Gasteiger partial charge in [-0.2, -0.15) is 0 Å². The number of nitrogens with zero attached hydrogens (tertiary/aromatic N) is 2. The molecule has 2 aromatic carbocycles. The molecule has 0 spiro atoms. The number of fused-ring (bicyclic) bond motifs is 1. The molecule has 0 aliphatic heterocycles. The monoisotopic (exact) mass is 435 g/mol. The van der Waals surface area contributed by atoms with E-state index in [-0.39, 0.29) is 23.3 Å². The molecule has 172 valence electrons. The molecule has 3 aromatic rings. The molecule has 1 N–H and O–H groups in total. The number of para-hydroxylation sites is 2. The highest BCUT2D eigenvalue weighted by Crippen LogP contribution is 2.25. The van der Waals surface area contributed by atoms with E-state index in [0.717, 1.165) is 35.4 Å². The molecule has 32 heavy (non-hydrogen) atoms. The van der Waals surface area contributed by atoms with Gasteiger partial charge in [-0.25, -0.2) is 4.98 Å². The van der Waals surface area contributed by atoms with Crippen LogP contribution in [-0.2, 0) is 16.8 Å². The Bertz CT molecular complexity index is 1030. The van der Waals surface area contributed by atoms with Gasteiger partial charge in [0.2, 0.25) is 5.91 Å². The Hall–Kier alpha value is -2.82. The average Bonchev–Trinajstić information content (AvgIpc) is 3.13. The van der Waals surface area contributed by atoms with Crippen molar-refractivity contribution < 1.29 is 9.53 Å². The summed E-state index contributed by atoms with van der Waals surface area (Å²) >= 11 is 0. The lowest BCUT2D eigenvalue weighted by molar-refractivity contribution is -0.125. The zero-order valence-corrected chi connectivity index (χ0v) is 20.3. The van der Waals surface area contributed by atoms with Crippen molar-refractivity contribution in [3.05, 3.63) is 59.9 Å². The first-order valence-electron chi connectivity index (χ1n) is 11.7. The van der Waals surface area contributed by atoms with Crippen LogP contribution in [0, 0.1) is 5.92 Å². The molecule has 0 aliphatic carbocycles. The fourth-order valence-electron chi connectivity index (χ4n) is 4.02. The standard InChI is InChI=1S/C27H37N3O2/c1-7-20(8-2)26(31)28-19(3)25-29-23-11-9-10-12-24(23)30(25)17-18-32-22-15-13-21(14-16-22)27(4,5)6/h9-16,19-20H,7-8,17-18H2,1-6H3,(H,28,31). The van der Waals surface area contributed by atoms with Crippen LogP contribution in [0.3, 0.4) is 0 Å². The molecule has 1 heterocycles. The van der Waals surface area contributed by atoms with Gasteiger partial charge in [0.1, 0.15) is 18.2 Å². The summed E-state index contributed by atoms with van der Waals surface area (Å²) in [5.41, 5.74) is 3.39. The molecule has 0 radical (unpaired) electrons. The Balaban J connectivity index is 1.75. The first-order chi connectivity index (χ1) is 15.2. The summed E-state index contributed by atoms with van der Waals surface area (Å²) in [5.74, 6) is 1.85. The number of imidazole rings is 1. The van der Waals surface area contributed by atoms with Crippen molar-refractivity contribution in [1.82, 2.24) is 14.9 Å². The zero-order chi connectivity index (χ0) is 23.3. The number of hydrogen-bond donors (Lipinski definition) is 1. The van der Waals surface area contributed by atoms with Crippen LogP contribution in [-0.4, -0.2) is 22.1 Å². The van der Waals surface area contributed by atoms with Crippen LogP contribution in [0.5, 0.6) is 5.75 Å². The first-order valence-corrected chi connectivity index (χ1v) is 11.7. The largest absolute Gasteiger partial charge is 0.492 e. The average molecular weight is 436 g/mol. The Morgan fingerprint density at radius 2 is 1.72 bits per heavy atom. The van der Waals surface area contributed by atoms with Gasteiger partial charge < -0.3 is 14.6 Å². The number of rotatable bonds is 9. The summed E-state index contributed by atoms with van der Waals surface area (Å²) in [6.45, 7) is 13.9. The third kappa shape index (κ3) is 5.50. The number of ether oxygens (including phenoxy) is 1. The molecule has 0 saturated carbocycles. The molecular weight excluding hydrogens is 398 g/mol. The molecule has 1 unspecified atom stereocenters. The number of carbonyl (C=O) groups excluding carboxylic acids is 1. The van der Waals surface area contributed by atoms with Crippen LogP contribution in [0.25, 0.3) is 11.0 Å². The zero-order valence-electron chi connectivity index (χ0n) is 20.3. The van der Waals surface area contributed by atoms with E-state index >= 15 is 0 Å². The summed E-state index contributed by atoms with van der Waals surface area (Å²) < 4.78 is 8.21. The van der Waals surface area contributed by atoms with Gasteiger partial charge in [0.25, 0.3) is 0 Å². The third-order valence-corrected chi connectivity index (χ3v) is 6.09. The summed E-state index contributed by atoms with van der Waals surface area (Å²) in [6, 6.07) is 16.2. The van der Waals surface area contributed by atoms with Gasteiger partial charge in [0.15, 0.2) is 0 Å². The number of carbonyl (C=O) groups is 1. The quantitative estimate of drug-likeness (QED) is 0.447. The number of hydrogen-bond acceptors (Lipinski definition) is 3. The van der Waals surface area contributed by atoms with Gasteiger partial charge in [0, 0.05) is 5.92 Å². The number of amides is 1. The van der Waals surface area contributed by atoms with E-state index in [9.17, 15) is 4.79 Å². The highest BCUT2D eigenvalue weighted by atomic mass is 16.5. The van der Waals surface area contributed by atoms with Gasteiger partial charge in [-0.3, -0.25) is 4.79 Å². The Morgan fingerprint density at radius 3 is 2.34 bits per heavy atom. The van der Waals surface area contributed by atoms with E-state index < -0.39 is 0 Å². The van der Waals surface area contributed by atoms with Gasteiger partial charge in [0.05, 0.1) is 23.6 Å². The van der Waals surface area contributed by atoms with Gasteiger partial charge in [-0.15, -0.1) is 0 Å². The van der Waals surface area contributed by atoms with Crippen molar-refractivity contribution >= 4 is 16.9 Å². The molecule has 1 atom stereocenters. The fourth-order valence-corrected chi connectivity index (χ4v) is 4.02. The lowest BCUT2D eigenvalue weighted by Gasteiger charge is -2.20. The van der Waals surface area contributed by atoms with Crippen LogP contribution < -0.4 is 10.1 Å². The number of aromatic nitrogens is 2. The second kappa shape index (κ2) is 10.2. The predicted molar refractivity (Wildman–Crippen MR) is 131 cm³/mol. The molecular formula is C27H37N3O2. The highest BCUT2D eigenvalue weighted by Gasteiger charge is 2.21. The second-order valence-electron chi connectivity index (χ2n) is 9.48. The lowest BCUT2D eigenvalue weighted by atomic mass is 9.87. The predicted octanol–water partition coefficient (Wildman–Crippen LogP) is 6.03. The molecule has 1 aromatic heterocycles. The van der Waals surface area contributed by atoms with Crippen LogP contribution in [0.1, 0.15) is 71.8 Å². The van der Waals surface area contributed by atoms with E-state index in [1.165, 1.54) is 5.56 Å². The number of benzene rings is 2. The minimum absolute atomic E-state index is 0.0367. The third-order valence-electron chi connectivity index (χ3n) is 6.09. The molecule has 0 fully saturated rings. The van der Waals surface area contributed by atoms with E-state index in [1.807, 2.05) is 37.3 Å². The first kappa shape index (κ1) is 23.8. The van der Waals surface area contributed by atoms with E-state index in [2.05, 4.69) is 62.7 Å². The maximum Gasteiger partial charge on any atom is 0.223 e. The van der Waals surface area contributed by atoms with Gasteiger partial charge >= 0.3 is 0 Å². The smallest absolute Gasteiger partial charge is 0.223 e. The maximum atomic E-state index is 12.6. The summed E-state index contributed by atoms with van der Waals surface area (Å²) in [5, 5.41) is 3.16. The van der Waals surface area contributed by atoms with Crippen molar-refractivity contribution in [3.8, 4) is 5.75 Å². The normalized spacial score (nSPS) is 12.8. The molecule has 5 heteroatoms. The SMILES string of the molecule is CCC(CC)C(=O)NC(C)c1nc2ccccc2n1CCOc1ccc(C(C)(C)C)cc1. The van der Waals surface area contributed by atoms with Crippen LogP contribution in [0.4, 0.5) is 0 Å². The Morgan fingerprint density at radius 1 is 1.06 bits per heavy atom. The molecule has 5 nitrogen and oxygen atoms in total. The molecule has 3 rings (SSSR count). The number of nitrogens with one attached hydrogen (secondary N) is 1. The van der Waals surface area contributed by atoms with Crippen molar-refractivity contribution in [2.45, 2.75) is 72.4 Å². The summed E-state index contributed by atoms with van der Waals surface area (Å²) in [4.78, 5) is 17.5. The topological polar surface area (TPSA) is 56.2 Å². The van der Waals surface area contributed by atoms with Crippen LogP contribution >= 0.6 is 0 Å². The van der Waals surface area contributed by atoms with Crippen molar-refractivity contribution in [2.75, 3.05) is 6.61 Å². The van der Waals surface area contributed by atoms with E-state index in [4.69, 9.17) is 9.72 Å². The fraction of sp³-hybridized carbons (Fsp3) is 0.481. The lowest BCUT2D eigenvalue weighted by Crippen LogP contribution is -2.33. The van der Waals surface area contributed by atoms with E-state index in [1.54, 1.807) is 0 Å². The Labute approximate surface area is 192 Å². The Kier molecular flexibility index (Phi) is 7.60. The van der Waals surface area contributed by atoms with Crippen molar-refractivity contribution in [3.63, 3.8) is 0 Å². The van der Waals surface area contributed by atoms with Crippen molar-refractivity contribution in [2.24, 2.45) is 5.92 Å². The van der Waals surface area contributed by atoms with Crippen LogP contribution in [0.15, 0.2) is 48.5 Å². The minimum atomic E-state index is -0.179. The van der Waals surface area contributed by atoms with E-state index in [0.29, 0.717) is 13.2 Å². The maximum absolute atomic E-state index is 12.6. The highest BCUT2D eigenvalue weighted by molar-refractivity contribution is 5.79. The molecule has 0 bridgehead atoms. The minimum Gasteiger partial charge on any atom is -0.492 e. The summed E-state index contributed by atoms with van der Waals surface area (Å²) in [6.07, 6.45) is 1.68. The molecule has 0 aliphatic rings. The van der Waals surface area contributed by atoms with Gasteiger partial charge in [-0.1, -0.05) is 58.9 Å². The molecule has 1 amide bonds. The summed E-state index contributed by atoms with van der Waals surface area (Å²) in [7, 11) is 0.